The van der Waals surface area contributed by atoms with Crippen molar-refractivity contribution in [1.82, 2.24) is 0 Å². The van der Waals surface area contributed by atoms with Gasteiger partial charge in [0.2, 0.25) is 5.91 Å². The van der Waals surface area contributed by atoms with Crippen molar-refractivity contribution in [3.05, 3.63) is 29.3 Å². The molecule has 16 heavy (non-hydrogen) atoms. The lowest BCUT2D eigenvalue weighted by molar-refractivity contribution is -0.139. The van der Waals surface area contributed by atoms with Crippen LogP contribution in [-0.4, -0.2) is 23.0 Å². The normalized spacial score (nSPS) is 11.9. The fraction of sp³-hybridized carbons (Fsp3) is 0.273. The van der Waals surface area contributed by atoms with Crippen molar-refractivity contribution in [2.45, 2.75) is 19.9 Å². The Hall–Kier alpha value is -1.55. The summed E-state index contributed by atoms with van der Waals surface area (Å²) in [5, 5.41) is 9.43. The number of aliphatic carboxylic acids is 1. The van der Waals surface area contributed by atoms with Gasteiger partial charge in [-0.25, -0.2) is 4.79 Å². The van der Waals surface area contributed by atoms with Crippen molar-refractivity contribution in [3.8, 4) is 0 Å². The summed E-state index contributed by atoms with van der Waals surface area (Å²) in [6.07, 6.45) is 0. The van der Waals surface area contributed by atoms with Crippen molar-refractivity contribution >= 4 is 29.2 Å². The van der Waals surface area contributed by atoms with Gasteiger partial charge in [-0.15, -0.1) is 0 Å². The smallest absolute Gasteiger partial charge is 0.326 e. The van der Waals surface area contributed by atoms with Gasteiger partial charge in [0.25, 0.3) is 0 Å². The second-order valence-corrected chi connectivity index (χ2v) is 3.82. The Kier molecular flexibility index (Phi) is 3.90. The first-order chi connectivity index (χ1) is 7.43. The Morgan fingerprint density at radius 3 is 2.19 bits per heavy atom. The number of nitrogens with zero attached hydrogens (tertiary/aromatic N) is 1. The topological polar surface area (TPSA) is 57.6 Å². The van der Waals surface area contributed by atoms with E-state index < -0.39 is 12.0 Å². The zero-order valence-electron chi connectivity index (χ0n) is 8.98. The Morgan fingerprint density at radius 1 is 1.31 bits per heavy atom. The predicted molar refractivity (Wildman–Crippen MR) is 61.7 cm³/mol. The van der Waals surface area contributed by atoms with Crippen LogP contribution in [0.2, 0.25) is 5.02 Å². The number of anilines is 1. The average Bonchev–Trinajstić information content (AvgIpc) is 2.20. The lowest BCUT2D eigenvalue weighted by Gasteiger charge is -2.25. The maximum absolute atomic E-state index is 11.4. The summed E-state index contributed by atoms with van der Waals surface area (Å²) < 4.78 is 0. The Labute approximate surface area is 98.4 Å². The second-order valence-electron chi connectivity index (χ2n) is 3.38. The standard InChI is InChI=1S/C11H12ClNO3/c1-7(11(15)16)13(8(2)14)10-5-3-9(12)4-6-10/h3-7H,1-2H3,(H,15,16)/t7-/m1/s1. The molecule has 0 aromatic heterocycles. The van der Waals surface area contributed by atoms with Crippen LogP contribution in [0.4, 0.5) is 5.69 Å². The monoisotopic (exact) mass is 241 g/mol. The number of carbonyl (C=O) groups is 2. The van der Waals surface area contributed by atoms with Gasteiger partial charge in [-0.05, 0) is 31.2 Å². The van der Waals surface area contributed by atoms with Crippen LogP contribution >= 0.6 is 11.6 Å². The Morgan fingerprint density at radius 2 is 1.81 bits per heavy atom. The van der Waals surface area contributed by atoms with E-state index in [0.29, 0.717) is 10.7 Å². The minimum Gasteiger partial charge on any atom is -0.480 e. The molecule has 0 radical (unpaired) electrons. The van der Waals surface area contributed by atoms with Gasteiger partial charge in [-0.2, -0.15) is 0 Å². The van der Waals surface area contributed by atoms with Gasteiger partial charge in [0.1, 0.15) is 6.04 Å². The molecule has 5 heteroatoms. The predicted octanol–water partition coefficient (Wildman–Crippen LogP) is 2.17. The SMILES string of the molecule is CC(=O)N(c1ccc(Cl)cc1)[C@H](C)C(=O)O. The molecule has 1 aromatic carbocycles. The zero-order chi connectivity index (χ0) is 12.3. The van der Waals surface area contributed by atoms with Gasteiger partial charge in [0, 0.05) is 17.6 Å². The summed E-state index contributed by atoms with van der Waals surface area (Å²) in [5.41, 5.74) is 0.520. The molecule has 1 N–H and O–H groups in total. The van der Waals surface area contributed by atoms with Crippen LogP contribution < -0.4 is 4.90 Å². The average molecular weight is 242 g/mol. The molecule has 0 aliphatic rings. The highest BCUT2D eigenvalue weighted by atomic mass is 35.5. The number of halogens is 1. The molecule has 0 heterocycles. The van der Waals surface area contributed by atoms with Crippen molar-refractivity contribution in [2.24, 2.45) is 0 Å². The minimum absolute atomic E-state index is 0.322. The molecule has 0 aliphatic carbocycles. The van der Waals surface area contributed by atoms with Gasteiger partial charge in [0.15, 0.2) is 0 Å². The summed E-state index contributed by atoms with van der Waals surface area (Å²) in [7, 11) is 0. The number of carboxylic acid groups (broad SMARTS) is 1. The van der Waals surface area contributed by atoms with Crippen LogP contribution in [0.5, 0.6) is 0 Å². The lowest BCUT2D eigenvalue weighted by Crippen LogP contribution is -2.42. The number of hydrogen-bond donors (Lipinski definition) is 1. The maximum atomic E-state index is 11.4. The molecule has 1 aromatic rings. The van der Waals surface area contributed by atoms with E-state index in [0.717, 1.165) is 0 Å². The largest absolute Gasteiger partial charge is 0.480 e. The van der Waals surface area contributed by atoms with E-state index >= 15 is 0 Å². The number of amides is 1. The third-order valence-electron chi connectivity index (χ3n) is 2.19. The van der Waals surface area contributed by atoms with Crippen molar-refractivity contribution in [1.29, 1.82) is 0 Å². The van der Waals surface area contributed by atoms with E-state index in [1.54, 1.807) is 24.3 Å². The van der Waals surface area contributed by atoms with Gasteiger partial charge in [0.05, 0.1) is 0 Å². The number of hydrogen-bond acceptors (Lipinski definition) is 2. The molecule has 1 atom stereocenters. The molecular formula is C11H12ClNO3. The molecule has 0 spiro atoms. The minimum atomic E-state index is -1.05. The quantitative estimate of drug-likeness (QED) is 0.882. The highest BCUT2D eigenvalue weighted by molar-refractivity contribution is 6.30. The van der Waals surface area contributed by atoms with Crippen molar-refractivity contribution in [2.75, 3.05) is 4.90 Å². The molecule has 1 rings (SSSR count). The first-order valence-electron chi connectivity index (χ1n) is 4.71. The molecule has 0 saturated carbocycles. The fourth-order valence-electron chi connectivity index (χ4n) is 1.39. The van der Waals surface area contributed by atoms with Gasteiger partial charge >= 0.3 is 5.97 Å². The van der Waals surface area contributed by atoms with Crippen molar-refractivity contribution < 1.29 is 14.7 Å². The van der Waals surface area contributed by atoms with E-state index in [1.165, 1.54) is 18.7 Å². The molecular weight excluding hydrogens is 230 g/mol. The molecule has 4 nitrogen and oxygen atoms in total. The van der Waals surface area contributed by atoms with E-state index in [1.807, 2.05) is 0 Å². The van der Waals surface area contributed by atoms with E-state index in [9.17, 15) is 9.59 Å². The number of carboxylic acids is 1. The summed E-state index contributed by atoms with van der Waals surface area (Å²) >= 11 is 5.72. The molecule has 0 fully saturated rings. The second kappa shape index (κ2) is 4.99. The van der Waals surface area contributed by atoms with Crippen LogP contribution in [0, 0.1) is 0 Å². The van der Waals surface area contributed by atoms with Crippen LogP contribution in [0.3, 0.4) is 0 Å². The summed E-state index contributed by atoms with van der Waals surface area (Å²) in [6.45, 7) is 2.78. The number of rotatable bonds is 3. The molecule has 0 aliphatic heterocycles. The number of carbonyl (C=O) groups excluding carboxylic acids is 1. The summed E-state index contributed by atoms with van der Waals surface area (Å²) in [6, 6.07) is 5.55. The zero-order valence-corrected chi connectivity index (χ0v) is 9.73. The molecule has 0 unspecified atom stereocenters. The first-order valence-corrected chi connectivity index (χ1v) is 5.09. The van der Waals surface area contributed by atoms with E-state index in [2.05, 4.69) is 0 Å². The van der Waals surface area contributed by atoms with Crippen LogP contribution in [0.1, 0.15) is 13.8 Å². The van der Waals surface area contributed by atoms with Gasteiger partial charge in [-0.3, -0.25) is 9.69 Å². The van der Waals surface area contributed by atoms with Crippen LogP contribution in [0.25, 0.3) is 0 Å². The third-order valence-corrected chi connectivity index (χ3v) is 2.44. The highest BCUT2D eigenvalue weighted by Gasteiger charge is 2.24. The highest BCUT2D eigenvalue weighted by Crippen LogP contribution is 2.20. The first kappa shape index (κ1) is 12.5. The number of benzene rings is 1. The summed E-state index contributed by atoms with van der Waals surface area (Å²) in [4.78, 5) is 23.5. The summed E-state index contributed by atoms with van der Waals surface area (Å²) in [5.74, 6) is -1.37. The molecule has 86 valence electrons. The van der Waals surface area contributed by atoms with E-state index in [4.69, 9.17) is 16.7 Å². The lowest BCUT2D eigenvalue weighted by atomic mass is 10.2. The molecule has 0 bridgehead atoms. The van der Waals surface area contributed by atoms with Crippen LogP contribution in [0.15, 0.2) is 24.3 Å². The molecule has 1 amide bonds. The van der Waals surface area contributed by atoms with E-state index in [-0.39, 0.29) is 5.91 Å². The fourth-order valence-corrected chi connectivity index (χ4v) is 1.52. The Bertz CT molecular complexity index is 402. The molecule has 0 saturated heterocycles. The van der Waals surface area contributed by atoms with Crippen LogP contribution in [-0.2, 0) is 9.59 Å². The van der Waals surface area contributed by atoms with Gasteiger partial charge < -0.3 is 5.11 Å². The maximum Gasteiger partial charge on any atom is 0.326 e. The Balaban J connectivity index is 3.07. The van der Waals surface area contributed by atoms with Crippen molar-refractivity contribution in [3.63, 3.8) is 0 Å². The third kappa shape index (κ3) is 2.73. The van der Waals surface area contributed by atoms with Gasteiger partial charge in [-0.1, -0.05) is 11.6 Å².